The zero-order chi connectivity index (χ0) is 16.3. The zero-order valence-corrected chi connectivity index (χ0v) is 12.7. The van der Waals surface area contributed by atoms with Gasteiger partial charge in [-0.2, -0.15) is 10.2 Å². The summed E-state index contributed by atoms with van der Waals surface area (Å²) in [7, 11) is 0. The fourth-order valence-electron chi connectivity index (χ4n) is 2.10. The Hall–Kier alpha value is -2.64. The number of hydrogen-bond acceptors (Lipinski definition) is 4. The van der Waals surface area contributed by atoms with E-state index in [0.29, 0.717) is 6.54 Å². The number of aliphatic carboxylic acids is 1. The second-order valence-corrected chi connectivity index (χ2v) is 5.23. The minimum Gasteiger partial charge on any atom is -0.480 e. The molecular weight excluding hydrogens is 286 g/mol. The molecule has 0 bridgehead atoms. The van der Waals surface area contributed by atoms with Gasteiger partial charge in [0.15, 0.2) is 0 Å². The van der Waals surface area contributed by atoms with Gasteiger partial charge >= 0.3 is 5.97 Å². The van der Waals surface area contributed by atoms with Crippen molar-refractivity contribution in [2.75, 3.05) is 0 Å². The van der Waals surface area contributed by atoms with Crippen molar-refractivity contribution >= 4 is 11.9 Å². The first kappa shape index (κ1) is 15.7. The molecule has 0 aliphatic carbocycles. The maximum absolute atomic E-state index is 12.3. The third-order valence-electron chi connectivity index (χ3n) is 3.24. The van der Waals surface area contributed by atoms with Crippen LogP contribution in [0.5, 0.6) is 0 Å². The van der Waals surface area contributed by atoms with Crippen LogP contribution >= 0.6 is 0 Å². The molecule has 0 fully saturated rings. The molecule has 0 saturated heterocycles. The van der Waals surface area contributed by atoms with Crippen LogP contribution in [0.2, 0.25) is 0 Å². The summed E-state index contributed by atoms with van der Waals surface area (Å²) in [6.45, 7) is 5.76. The molecule has 0 spiro atoms. The quantitative estimate of drug-likeness (QED) is 0.824. The maximum Gasteiger partial charge on any atom is 0.328 e. The fraction of sp³-hybridized carbons (Fsp3) is 0.429. The molecule has 0 aliphatic rings. The Morgan fingerprint density at radius 1 is 1.36 bits per heavy atom. The Bertz CT molecular complexity index is 676. The Kier molecular flexibility index (Phi) is 4.59. The Morgan fingerprint density at radius 2 is 2.09 bits per heavy atom. The lowest BCUT2D eigenvalue weighted by Crippen LogP contribution is -2.37. The van der Waals surface area contributed by atoms with E-state index in [0.717, 1.165) is 5.69 Å². The minimum absolute atomic E-state index is 0.157. The van der Waals surface area contributed by atoms with E-state index in [1.54, 1.807) is 4.68 Å². The Balaban J connectivity index is 2.03. The number of rotatable bonds is 6. The molecule has 22 heavy (non-hydrogen) atoms. The summed E-state index contributed by atoms with van der Waals surface area (Å²) >= 11 is 0. The SMILES string of the molecule is Cc1ccn(CC(C)NC(=O)c2ccnn2C(C)C(=O)O)n1. The second-order valence-electron chi connectivity index (χ2n) is 5.23. The van der Waals surface area contributed by atoms with Gasteiger partial charge in [-0.15, -0.1) is 0 Å². The number of carbonyl (C=O) groups is 2. The van der Waals surface area contributed by atoms with Gasteiger partial charge in [-0.1, -0.05) is 0 Å². The van der Waals surface area contributed by atoms with Crippen molar-refractivity contribution in [3.63, 3.8) is 0 Å². The first-order valence-electron chi connectivity index (χ1n) is 6.95. The summed E-state index contributed by atoms with van der Waals surface area (Å²) in [5.41, 5.74) is 1.13. The van der Waals surface area contributed by atoms with Crippen LogP contribution in [0.15, 0.2) is 24.5 Å². The number of carboxylic acids is 1. The third kappa shape index (κ3) is 3.51. The van der Waals surface area contributed by atoms with Gasteiger partial charge in [0.25, 0.3) is 5.91 Å². The average Bonchev–Trinajstić information content (AvgIpc) is 3.06. The molecule has 2 heterocycles. The largest absolute Gasteiger partial charge is 0.480 e. The molecule has 0 radical (unpaired) electrons. The fourth-order valence-corrected chi connectivity index (χ4v) is 2.10. The summed E-state index contributed by atoms with van der Waals surface area (Å²) in [6, 6.07) is 2.33. The van der Waals surface area contributed by atoms with E-state index in [-0.39, 0.29) is 17.6 Å². The van der Waals surface area contributed by atoms with Crippen LogP contribution in [-0.4, -0.2) is 42.6 Å². The number of aromatic nitrogens is 4. The first-order chi connectivity index (χ1) is 10.4. The summed E-state index contributed by atoms with van der Waals surface area (Å²) in [5.74, 6) is -1.40. The minimum atomic E-state index is -1.04. The highest BCUT2D eigenvalue weighted by atomic mass is 16.4. The van der Waals surface area contributed by atoms with Gasteiger partial charge in [0.2, 0.25) is 0 Å². The summed E-state index contributed by atoms with van der Waals surface area (Å²) in [4.78, 5) is 23.3. The molecule has 2 atom stereocenters. The van der Waals surface area contributed by atoms with E-state index in [9.17, 15) is 9.59 Å². The summed E-state index contributed by atoms with van der Waals surface area (Å²) in [6.07, 6.45) is 3.25. The van der Waals surface area contributed by atoms with Crippen LogP contribution < -0.4 is 5.32 Å². The molecule has 2 aromatic heterocycles. The van der Waals surface area contributed by atoms with E-state index in [4.69, 9.17) is 5.11 Å². The zero-order valence-electron chi connectivity index (χ0n) is 12.7. The van der Waals surface area contributed by atoms with E-state index >= 15 is 0 Å². The van der Waals surface area contributed by atoms with E-state index in [2.05, 4.69) is 15.5 Å². The lowest BCUT2D eigenvalue weighted by molar-refractivity contribution is -0.140. The molecule has 8 heteroatoms. The Labute approximate surface area is 127 Å². The highest BCUT2D eigenvalue weighted by molar-refractivity contribution is 5.93. The van der Waals surface area contributed by atoms with Gasteiger partial charge in [0.1, 0.15) is 11.7 Å². The maximum atomic E-state index is 12.3. The van der Waals surface area contributed by atoms with Gasteiger partial charge in [-0.25, -0.2) is 9.48 Å². The lowest BCUT2D eigenvalue weighted by Gasteiger charge is -2.16. The highest BCUT2D eigenvalue weighted by Gasteiger charge is 2.21. The van der Waals surface area contributed by atoms with E-state index in [1.807, 2.05) is 26.1 Å². The predicted molar refractivity (Wildman–Crippen MR) is 78.5 cm³/mol. The average molecular weight is 305 g/mol. The number of aryl methyl sites for hydroxylation is 1. The van der Waals surface area contributed by atoms with Gasteiger partial charge in [0, 0.05) is 18.4 Å². The van der Waals surface area contributed by atoms with Crippen LogP contribution in [-0.2, 0) is 11.3 Å². The number of carboxylic acid groups (broad SMARTS) is 1. The summed E-state index contributed by atoms with van der Waals surface area (Å²) < 4.78 is 2.94. The monoisotopic (exact) mass is 305 g/mol. The highest BCUT2D eigenvalue weighted by Crippen LogP contribution is 2.09. The molecule has 1 amide bonds. The van der Waals surface area contributed by atoms with E-state index in [1.165, 1.54) is 23.9 Å². The molecular formula is C14H19N5O3. The molecule has 0 aliphatic heterocycles. The van der Waals surface area contributed by atoms with Crippen molar-refractivity contribution in [1.29, 1.82) is 0 Å². The molecule has 2 unspecified atom stereocenters. The first-order valence-corrected chi connectivity index (χ1v) is 6.95. The van der Waals surface area contributed by atoms with E-state index < -0.39 is 12.0 Å². The van der Waals surface area contributed by atoms with Crippen LogP contribution in [0.3, 0.4) is 0 Å². The molecule has 0 aromatic carbocycles. The summed E-state index contributed by atoms with van der Waals surface area (Å²) in [5, 5.41) is 20.0. The molecule has 2 aromatic rings. The number of carbonyl (C=O) groups excluding carboxylic acids is 1. The third-order valence-corrected chi connectivity index (χ3v) is 3.24. The van der Waals surface area contributed by atoms with Gasteiger partial charge in [0.05, 0.1) is 12.2 Å². The topological polar surface area (TPSA) is 102 Å². The smallest absolute Gasteiger partial charge is 0.328 e. The van der Waals surface area contributed by atoms with Gasteiger partial charge in [-0.05, 0) is 32.9 Å². The van der Waals surface area contributed by atoms with Crippen molar-refractivity contribution in [2.45, 2.75) is 39.4 Å². The number of amides is 1. The van der Waals surface area contributed by atoms with Crippen LogP contribution in [0.1, 0.15) is 36.1 Å². The lowest BCUT2D eigenvalue weighted by atomic mass is 10.3. The molecule has 2 rings (SSSR count). The predicted octanol–water partition coefficient (Wildman–Crippen LogP) is 0.852. The molecule has 2 N–H and O–H groups in total. The normalized spacial score (nSPS) is 13.6. The molecule has 8 nitrogen and oxygen atoms in total. The molecule has 118 valence electrons. The molecule has 0 saturated carbocycles. The van der Waals surface area contributed by atoms with Crippen molar-refractivity contribution in [3.8, 4) is 0 Å². The number of nitrogens with one attached hydrogen (secondary N) is 1. The van der Waals surface area contributed by atoms with Crippen LogP contribution in [0.4, 0.5) is 0 Å². The standard InChI is InChI=1S/C14H19N5O3/c1-9-5-7-18(17-9)8-10(2)16-13(20)12-4-6-15-19(12)11(3)14(21)22/h4-7,10-11H,8H2,1-3H3,(H,16,20)(H,21,22). The van der Waals surface area contributed by atoms with Crippen molar-refractivity contribution < 1.29 is 14.7 Å². The van der Waals surface area contributed by atoms with Crippen molar-refractivity contribution in [3.05, 3.63) is 35.9 Å². The number of hydrogen-bond donors (Lipinski definition) is 2. The van der Waals surface area contributed by atoms with Crippen LogP contribution in [0.25, 0.3) is 0 Å². The second kappa shape index (κ2) is 6.42. The van der Waals surface area contributed by atoms with Gasteiger partial charge in [-0.3, -0.25) is 9.48 Å². The van der Waals surface area contributed by atoms with Crippen molar-refractivity contribution in [2.24, 2.45) is 0 Å². The van der Waals surface area contributed by atoms with Gasteiger partial charge < -0.3 is 10.4 Å². The number of nitrogens with zero attached hydrogens (tertiary/aromatic N) is 4. The Morgan fingerprint density at radius 3 is 2.68 bits per heavy atom. The van der Waals surface area contributed by atoms with Crippen molar-refractivity contribution in [1.82, 2.24) is 24.9 Å². The van der Waals surface area contributed by atoms with Crippen LogP contribution in [0, 0.1) is 6.92 Å².